The van der Waals surface area contributed by atoms with E-state index in [0.717, 1.165) is 22.4 Å². The number of nitrogens with two attached hydrogens (primary N) is 2. The van der Waals surface area contributed by atoms with Gasteiger partial charge in [0.05, 0.1) is 12.6 Å². The van der Waals surface area contributed by atoms with Crippen LogP contribution in [0.3, 0.4) is 0 Å². The monoisotopic (exact) mass is 256 g/mol. The van der Waals surface area contributed by atoms with Gasteiger partial charge in [-0.1, -0.05) is 36.4 Å². The highest BCUT2D eigenvalue weighted by Gasteiger charge is 2.08. The van der Waals surface area contributed by atoms with Crippen molar-refractivity contribution in [1.29, 1.82) is 0 Å². The fourth-order valence-electron chi connectivity index (χ4n) is 1.99. The van der Waals surface area contributed by atoms with Crippen molar-refractivity contribution in [1.82, 2.24) is 0 Å². The van der Waals surface area contributed by atoms with E-state index < -0.39 is 0 Å². The van der Waals surface area contributed by atoms with Crippen LogP contribution in [0.4, 0.5) is 0 Å². The summed E-state index contributed by atoms with van der Waals surface area (Å²) in [4.78, 5) is 0. The van der Waals surface area contributed by atoms with Gasteiger partial charge in [0.1, 0.15) is 5.75 Å². The predicted molar refractivity (Wildman–Crippen MR) is 78.0 cm³/mol. The van der Waals surface area contributed by atoms with E-state index in [1.165, 1.54) is 0 Å². The summed E-state index contributed by atoms with van der Waals surface area (Å²) in [5, 5.41) is 0. The van der Waals surface area contributed by atoms with Crippen LogP contribution in [0.15, 0.2) is 48.5 Å². The lowest BCUT2D eigenvalue weighted by Gasteiger charge is -2.14. The molecule has 0 heterocycles. The van der Waals surface area contributed by atoms with Gasteiger partial charge in [-0.25, -0.2) is 0 Å². The second-order valence-electron chi connectivity index (χ2n) is 4.43. The first kappa shape index (κ1) is 13.6. The van der Waals surface area contributed by atoms with Gasteiger partial charge in [0.25, 0.3) is 0 Å². The molecule has 2 aromatic rings. The van der Waals surface area contributed by atoms with E-state index in [2.05, 4.69) is 0 Å². The van der Waals surface area contributed by atoms with Gasteiger partial charge in [0, 0.05) is 6.54 Å². The Kier molecular flexibility index (Phi) is 4.55. The molecule has 3 heteroatoms. The molecular formula is C16H20N2O. The molecule has 0 fully saturated rings. The average Bonchev–Trinajstić information content (AvgIpc) is 2.48. The highest BCUT2D eigenvalue weighted by atomic mass is 16.5. The van der Waals surface area contributed by atoms with E-state index in [-0.39, 0.29) is 6.04 Å². The molecule has 100 valence electrons. The summed E-state index contributed by atoms with van der Waals surface area (Å²) < 4.78 is 5.42. The Labute approximate surface area is 114 Å². The van der Waals surface area contributed by atoms with Crippen molar-refractivity contribution in [2.75, 3.05) is 6.61 Å². The predicted octanol–water partition coefficient (Wildman–Crippen LogP) is 2.59. The molecule has 1 atom stereocenters. The first-order valence-corrected chi connectivity index (χ1v) is 6.52. The first-order chi connectivity index (χ1) is 9.24. The van der Waals surface area contributed by atoms with Crippen molar-refractivity contribution in [2.24, 2.45) is 11.5 Å². The summed E-state index contributed by atoms with van der Waals surface area (Å²) in [6.07, 6.45) is 0. The normalized spacial score (nSPS) is 12.2. The van der Waals surface area contributed by atoms with Crippen LogP contribution in [0.1, 0.15) is 29.7 Å². The number of hydrogen-bond donors (Lipinski definition) is 2. The van der Waals surface area contributed by atoms with Crippen LogP contribution in [0.2, 0.25) is 0 Å². The Hall–Kier alpha value is -1.84. The summed E-state index contributed by atoms with van der Waals surface area (Å²) in [5.41, 5.74) is 15.1. The highest BCUT2D eigenvalue weighted by molar-refractivity contribution is 5.36. The van der Waals surface area contributed by atoms with Crippen molar-refractivity contribution in [3.05, 3.63) is 65.2 Å². The van der Waals surface area contributed by atoms with Crippen molar-refractivity contribution < 1.29 is 4.74 Å². The fourth-order valence-corrected chi connectivity index (χ4v) is 1.99. The third-order valence-electron chi connectivity index (χ3n) is 3.12. The largest absolute Gasteiger partial charge is 0.494 e. The molecule has 0 radical (unpaired) electrons. The molecule has 0 saturated heterocycles. The maximum Gasteiger partial charge on any atom is 0.119 e. The van der Waals surface area contributed by atoms with Gasteiger partial charge in [-0.15, -0.1) is 0 Å². The van der Waals surface area contributed by atoms with Crippen LogP contribution in [-0.2, 0) is 6.54 Å². The van der Waals surface area contributed by atoms with Gasteiger partial charge in [-0.3, -0.25) is 0 Å². The van der Waals surface area contributed by atoms with Crippen LogP contribution in [-0.4, -0.2) is 6.61 Å². The molecule has 1 unspecified atom stereocenters. The van der Waals surface area contributed by atoms with Crippen molar-refractivity contribution in [3.8, 4) is 5.75 Å². The Morgan fingerprint density at radius 1 is 0.947 bits per heavy atom. The van der Waals surface area contributed by atoms with Crippen molar-refractivity contribution in [3.63, 3.8) is 0 Å². The number of benzene rings is 2. The molecular weight excluding hydrogens is 236 g/mol. The molecule has 2 rings (SSSR count). The van der Waals surface area contributed by atoms with Gasteiger partial charge < -0.3 is 16.2 Å². The third-order valence-corrected chi connectivity index (χ3v) is 3.12. The summed E-state index contributed by atoms with van der Waals surface area (Å²) in [7, 11) is 0. The molecule has 0 aliphatic rings. The van der Waals surface area contributed by atoms with Crippen LogP contribution in [0.5, 0.6) is 5.75 Å². The molecule has 19 heavy (non-hydrogen) atoms. The van der Waals surface area contributed by atoms with Crippen LogP contribution >= 0.6 is 0 Å². The van der Waals surface area contributed by atoms with Crippen LogP contribution in [0.25, 0.3) is 0 Å². The Bertz CT molecular complexity index is 505. The third kappa shape index (κ3) is 3.34. The topological polar surface area (TPSA) is 61.3 Å². The Balaban J connectivity index is 2.15. The van der Waals surface area contributed by atoms with E-state index in [1.807, 2.05) is 55.5 Å². The fraction of sp³-hybridized carbons (Fsp3) is 0.250. The standard InChI is InChI=1S/C16H20N2O/c1-2-19-15-9-7-14(8-10-15)16(18)13-5-3-12(11-17)4-6-13/h3-10,16H,2,11,17-18H2,1H3. The maximum absolute atomic E-state index is 6.26. The van der Waals surface area contributed by atoms with Gasteiger partial charge in [-0.05, 0) is 35.7 Å². The zero-order chi connectivity index (χ0) is 13.7. The average molecular weight is 256 g/mol. The smallest absolute Gasteiger partial charge is 0.119 e. The second-order valence-corrected chi connectivity index (χ2v) is 4.43. The molecule has 0 bridgehead atoms. The van der Waals surface area contributed by atoms with E-state index in [4.69, 9.17) is 16.2 Å². The molecule has 0 aliphatic carbocycles. The minimum absolute atomic E-state index is 0.123. The quantitative estimate of drug-likeness (QED) is 0.864. The number of ether oxygens (including phenoxy) is 1. The zero-order valence-corrected chi connectivity index (χ0v) is 11.2. The minimum atomic E-state index is -0.123. The molecule has 3 nitrogen and oxygen atoms in total. The lowest BCUT2D eigenvalue weighted by atomic mass is 9.98. The number of rotatable bonds is 5. The van der Waals surface area contributed by atoms with Gasteiger partial charge in [0.15, 0.2) is 0 Å². The molecule has 4 N–H and O–H groups in total. The van der Waals surface area contributed by atoms with E-state index in [1.54, 1.807) is 0 Å². The summed E-state index contributed by atoms with van der Waals surface area (Å²) >= 11 is 0. The lowest BCUT2D eigenvalue weighted by molar-refractivity contribution is 0.340. The lowest BCUT2D eigenvalue weighted by Crippen LogP contribution is -2.12. The summed E-state index contributed by atoms with van der Waals surface area (Å²) in [6.45, 7) is 3.20. The Morgan fingerprint density at radius 2 is 1.47 bits per heavy atom. The molecule has 0 aromatic heterocycles. The molecule has 0 amide bonds. The Morgan fingerprint density at radius 3 is 1.95 bits per heavy atom. The zero-order valence-electron chi connectivity index (χ0n) is 11.2. The van der Waals surface area contributed by atoms with Gasteiger partial charge >= 0.3 is 0 Å². The van der Waals surface area contributed by atoms with Gasteiger partial charge in [0.2, 0.25) is 0 Å². The van der Waals surface area contributed by atoms with Gasteiger partial charge in [-0.2, -0.15) is 0 Å². The maximum atomic E-state index is 6.26. The molecule has 0 saturated carbocycles. The van der Waals surface area contributed by atoms with E-state index in [0.29, 0.717) is 13.2 Å². The summed E-state index contributed by atoms with van der Waals surface area (Å²) in [6, 6.07) is 15.9. The molecule has 0 aliphatic heterocycles. The first-order valence-electron chi connectivity index (χ1n) is 6.52. The molecule has 2 aromatic carbocycles. The molecule has 0 spiro atoms. The summed E-state index contributed by atoms with van der Waals surface area (Å²) in [5.74, 6) is 0.872. The van der Waals surface area contributed by atoms with Crippen LogP contribution < -0.4 is 16.2 Å². The SMILES string of the molecule is CCOc1ccc(C(N)c2ccc(CN)cc2)cc1. The van der Waals surface area contributed by atoms with E-state index >= 15 is 0 Å². The highest BCUT2D eigenvalue weighted by Crippen LogP contribution is 2.22. The van der Waals surface area contributed by atoms with E-state index in [9.17, 15) is 0 Å². The minimum Gasteiger partial charge on any atom is -0.494 e. The van der Waals surface area contributed by atoms with Crippen LogP contribution in [0, 0.1) is 0 Å². The number of hydrogen-bond acceptors (Lipinski definition) is 3. The van der Waals surface area contributed by atoms with Crippen molar-refractivity contribution in [2.45, 2.75) is 19.5 Å². The van der Waals surface area contributed by atoms with Crippen molar-refractivity contribution >= 4 is 0 Å². The second kappa shape index (κ2) is 6.36.